The highest BCUT2D eigenvalue weighted by Crippen LogP contribution is 2.21. The van der Waals surface area contributed by atoms with Gasteiger partial charge in [-0.1, -0.05) is 0 Å². The van der Waals surface area contributed by atoms with Gasteiger partial charge in [-0.25, -0.2) is 4.98 Å². The Labute approximate surface area is 122 Å². The molecule has 2 rings (SSSR count). The zero-order valence-electron chi connectivity index (χ0n) is 11.6. The normalized spacial score (nSPS) is 11.9. The summed E-state index contributed by atoms with van der Waals surface area (Å²) in [6.07, 6.45) is 0. The number of thiazole rings is 1. The molecular formula is C14H17N3O2S. The molecule has 0 bridgehead atoms. The van der Waals surface area contributed by atoms with Gasteiger partial charge in [-0.15, -0.1) is 11.3 Å². The van der Waals surface area contributed by atoms with Crippen molar-refractivity contribution < 1.29 is 9.53 Å². The molecule has 1 atom stereocenters. The van der Waals surface area contributed by atoms with Crippen molar-refractivity contribution in [3.8, 4) is 5.75 Å². The number of hydrogen-bond donors (Lipinski definition) is 2. The second-order valence-corrected chi connectivity index (χ2v) is 5.13. The molecule has 1 heterocycles. The number of anilines is 1. The lowest BCUT2D eigenvalue weighted by Gasteiger charge is -2.05. The van der Waals surface area contributed by atoms with E-state index in [4.69, 9.17) is 4.74 Å². The third-order valence-corrected chi connectivity index (χ3v) is 3.75. The zero-order valence-corrected chi connectivity index (χ0v) is 12.5. The lowest BCUT2D eigenvalue weighted by Crippen LogP contribution is -2.14. The van der Waals surface area contributed by atoms with Gasteiger partial charge in [0.25, 0.3) is 5.91 Å². The van der Waals surface area contributed by atoms with Crippen LogP contribution in [0.15, 0.2) is 29.6 Å². The highest BCUT2D eigenvalue weighted by atomic mass is 32.1. The van der Waals surface area contributed by atoms with E-state index in [2.05, 4.69) is 15.6 Å². The zero-order chi connectivity index (χ0) is 14.5. The summed E-state index contributed by atoms with van der Waals surface area (Å²) in [5, 5.41) is 8.44. The Morgan fingerprint density at radius 1 is 1.35 bits per heavy atom. The Balaban J connectivity index is 2.05. The van der Waals surface area contributed by atoms with E-state index in [1.54, 1.807) is 31.4 Å². The quantitative estimate of drug-likeness (QED) is 0.889. The van der Waals surface area contributed by atoms with E-state index in [1.165, 1.54) is 11.3 Å². The Bertz CT molecular complexity index is 580. The molecule has 106 valence electrons. The average molecular weight is 291 g/mol. The fraction of sp³-hybridized carbons (Fsp3) is 0.286. The van der Waals surface area contributed by atoms with Crippen LogP contribution in [0.25, 0.3) is 0 Å². The van der Waals surface area contributed by atoms with Crippen molar-refractivity contribution >= 4 is 22.4 Å². The first-order valence-electron chi connectivity index (χ1n) is 6.22. The lowest BCUT2D eigenvalue weighted by molar-refractivity contribution is 0.102. The van der Waals surface area contributed by atoms with Crippen LogP contribution < -0.4 is 15.4 Å². The molecule has 20 heavy (non-hydrogen) atoms. The lowest BCUT2D eigenvalue weighted by atomic mass is 10.2. The average Bonchev–Trinajstić information content (AvgIpc) is 2.95. The standard InChI is InChI=1S/C14H17N3O2S/c1-9(15-2)12-8-20-14(16-12)17-13(18)10-4-6-11(19-3)7-5-10/h4-9,15H,1-3H3,(H,16,17,18). The van der Waals surface area contributed by atoms with Crippen molar-refractivity contribution in [3.63, 3.8) is 0 Å². The van der Waals surface area contributed by atoms with Crippen molar-refractivity contribution in [2.45, 2.75) is 13.0 Å². The molecular weight excluding hydrogens is 274 g/mol. The number of nitrogens with one attached hydrogen (secondary N) is 2. The smallest absolute Gasteiger partial charge is 0.257 e. The summed E-state index contributed by atoms with van der Waals surface area (Å²) in [5.41, 5.74) is 1.49. The predicted molar refractivity (Wildman–Crippen MR) is 80.5 cm³/mol. The highest BCUT2D eigenvalue weighted by Gasteiger charge is 2.11. The molecule has 0 aliphatic heterocycles. The number of hydrogen-bond acceptors (Lipinski definition) is 5. The van der Waals surface area contributed by atoms with E-state index in [0.717, 1.165) is 11.4 Å². The molecule has 0 saturated carbocycles. The molecule has 0 spiro atoms. The van der Waals surface area contributed by atoms with Gasteiger partial charge < -0.3 is 10.1 Å². The molecule has 6 heteroatoms. The molecule has 1 aromatic heterocycles. The van der Waals surface area contributed by atoms with E-state index in [9.17, 15) is 4.79 Å². The fourth-order valence-electron chi connectivity index (χ4n) is 1.60. The number of amides is 1. The molecule has 1 aromatic carbocycles. The third kappa shape index (κ3) is 3.34. The van der Waals surface area contributed by atoms with Crippen molar-refractivity contribution in [1.82, 2.24) is 10.3 Å². The summed E-state index contributed by atoms with van der Waals surface area (Å²) < 4.78 is 5.06. The minimum absolute atomic E-state index is 0.165. The van der Waals surface area contributed by atoms with Crippen molar-refractivity contribution in [1.29, 1.82) is 0 Å². The summed E-state index contributed by atoms with van der Waals surface area (Å²) in [5.74, 6) is 0.548. The topological polar surface area (TPSA) is 63.2 Å². The van der Waals surface area contributed by atoms with Crippen LogP contribution >= 0.6 is 11.3 Å². The first-order valence-corrected chi connectivity index (χ1v) is 7.10. The number of methoxy groups -OCH3 is 1. The van der Waals surface area contributed by atoms with Gasteiger partial charge >= 0.3 is 0 Å². The number of aromatic nitrogens is 1. The van der Waals surface area contributed by atoms with Crippen molar-refractivity contribution in [3.05, 3.63) is 40.9 Å². The Kier molecular flexibility index (Phi) is 4.70. The molecule has 2 N–H and O–H groups in total. The Morgan fingerprint density at radius 3 is 2.65 bits per heavy atom. The monoisotopic (exact) mass is 291 g/mol. The van der Waals surface area contributed by atoms with Crippen LogP contribution in [0.1, 0.15) is 29.0 Å². The SMILES string of the molecule is CNC(C)c1csc(NC(=O)c2ccc(OC)cc2)n1. The first kappa shape index (κ1) is 14.5. The van der Waals surface area contributed by atoms with Crippen molar-refractivity contribution in [2.75, 3.05) is 19.5 Å². The summed E-state index contributed by atoms with van der Waals surface area (Å²) in [6.45, 7) is 2.02. The predicted octanol–water partition coefficient (Wildman–Crippen LogP) is 2.68. The second kappa shape index (κ2) is 6.49. The van der Waals surface area contributed by atoms with E-state index in [0.29, 0.717) is 10.7 Å². The fourth-order valence-corrected chi connectivity index (χ4v) is 2.40. The molecule has 2 aromatic rings. The molecule has 1 unspecified atom stereocenters. The Hall–Kier alpha value is -1.92. The van der Waals surface area contributed by atoms with Crippen LogP contribution in [0, 0.1) is 0 Å². The molecule has 0 aliphatic carbocycles. The molecule has 0 radical (unpaired) electrons. The molecule has 0 aliphatic rings. The van der Waals surface area contributed by atoms with E-state index in [1.807, 2.05) is 19.4 Å². The van der Waals surface area contributed by atoms with Gasteiger partial charge in [0, 0.05) is 17.0 Å². The number of rotatable bonds is 5. The van der Waals surface area contributed by atoms with Gasteiger partial charge in [0.1, 0.15) is 5.75 Å². The van der Waals surface area contributed by atoms with Gasteiger partial charge in [-0.05, 0) is 38.2 Å². The summed E-state index contributed by atoms with van der Waals surface area (Å²) in [4.78, 5) is 16.4. The summed E-state index contributed by atoms with van der Waals surface area (Å²) in [7, 11) is 3.47. The third-order valence-electron chi connectivity index (χ3n) is 2.97. The Morgan fingerprint density at radius 2 is 2.05 bits per heavy atom. The number of benzene rings is 1. The summed E-state index contributed by atoms with van der Waals surface area (Å²) >= 11 is 1.42. The number of ether oxygens (including phenoxy) is 1. The number of carbonyl (C=O) groups excluding carboxylic acids is 1. The van der Waals surface area contributed by atoms with Crippen LogP contribution in [-0.2, 0) is 0 Å². The van der Waals surface area contributed by atoms with Crippen LogP contribution in [0.3, 0.4) is 0 Å². The van der Waals surface area contributed by atoms with Crippen molar-refractivity contribution in [2.24, 2.45) is 0 Å². The maximum atomic E-state index is 12.1. The molecule has 1 amide bonds. The van der Waals surface area contributed by atoms with Crippen LogP contribution in [0.4, 0.5) is 5.13 Å². The van der Waals surface area contributed by atoms with Gasteiger partial charge in [-0.2, -0.15) is 0 Å². The highest BCUT2D eigenvalue weighted by molar-refractivity contribution is 7.14. The van der Waals surface area contributed by atoms with Gasteiger partial charge in [-0.3, -0.25) is 10.1 Å². The number of nitrogens with zero attached hydrogens (tertiary/aromatic N) is 1. The largest absolute Gasteiger partial charge is 0.497 e. The summed E-state index contributed by atoms with van der Waals surface area (Å²) in [6, 6.07) is 7.12. The second-order valence-electron chi connectivity index (χ2n) is 4.27. The van der Waals surface area contributed by atoms with Gasteiger partial charge in [0.2, 0.25) is 0 Å². The van der Waals surface area contributed by atoms with Crippen LogP contribution in [-0.4, -0.2) is 25.0 Å². The first-order chi connectivity index (χ1) is 9.63. The maximum Gasteiger partial charge on any atom is 0.257 e. The van der Waals surface area contributed by atoms with E-state index in [-0.39, 0.29) is 11.9 Å². The van der Waals surface area contributed by atoms with E-state index >= 15 is 0 Å². The minimum Gasteiger partial charge on any atom is -0.497 e. The van der Waals surface area contributed by atoms with E-state index < -0.39 is 0 Å². The number of carbonyl (C=O) groups is 1. The molecule has 5 nitrogen and oxygen atoms in total. The van der Waals surface area contributed by atoms with Crippen LogP contribution in [0.2, 0.25) is 0 Å². The van der Waals surface area contributed by atoms with Crippen LogP contribution in [0.5, 0.6) is 5.75 Å². The molecule has 0 saturated heterocycles. The van der Waals surface area contributed by atoms with Gasteiger partial charge in [0.15, 0.2) is 5.13 Å². The van der Waals surface area contributed by atoms with Gasteiger partial charge in [0.05, 0.1) is 12.8 Å². The maximum absolute atomic E-state index is 12.1. The molecule has 0 fully saturated rings. The minimum atomic E-state index is -0.175.